The van der Waals surface area contributed by atoms with Gasteiger partial charge < -0.3 is 24.6 Å². The maximum absolute atomic E-state index is 12.9. The molecule has 1 aliphatic heterocycles. The zero-order valence-corrected chi connectivity index (χ0v) is 20.6. The zero-order valence-electron chi connectivity index (χ0n) is 19.7. The number of amides is 1. The molecule has 1 amide bonds. The van der Waals surface area contributed by atoms with Crippen LogP contribution in [0.3, 0.4) is 0 Å². The van der Waals surface area contributed by atoms with Gasteiger partial charge in [0.15, 0.2) is 0 Å². The Morgan fingerprint density at radius 2 is 1.60 bits per heavy atom. The standard InChI is InChI=1S/C27H29BN2O4S/c1-18-25(28(32)33)14-19(17-35)15-26(18)29-10-12-30(13-11-29)27(31)34-16-24-22-8-4-2-6-20(22)21-7-3-5-9-23(21)24/h2-9,14-15,24,32-33,35H,10-13,16-17H2,1H3. The van der Waals surface area contributed by atoms with E-state index in [9.17, 15) is 14.8 Å². The number of carbonyl (C=O) groups excluding carboxylic acids is 1. The van der Waals surface area contributed by atoms with Crippen LogP contribution >= 0.6 is 12.6 Å². The van der Waals surface area contributed by atoms with Gasteiger partial charge in [0.1, 0.15) is 6.61 Å². The normalized spacial score (nSPS) is 15.1. The molecule has 0 radical (unpaired) electrons. The summed E-state index contributed by atoms with van der Waals surface area (Å²) in [7, 11) is -1.53. The van der Waals surface area contributed by atoms with Crippen molar-refractivity contribution in [1.82, 2.24) is 4.90 Å². The second-order valence-electron chi connectivity index (χ2n) is 9.14. The van der Waals surface area contributed by atoms with Gasteiger partial charge in [-0.15, -0.1) is 0 Å². The van der Waals surface area contributed by atoms with Crippen LogP contribution < -0.4 is 10.4 Å². The minimum Gasteiger partial charge on any atom is -0.448 e. The van der Waals surface area contributed by atoms with Gasteiger partial charge in [-0.2, -0.15) is 12.6 Å². The third kappa shape index (κ3) is 4.54. The molecule has 0 unspecified atom stereocenters. The van der Waals surface area contributed by atoms with Crippen LogP contribution in [0.4, 0.5) is 10.5 Å². The molecule has 0 atom stereocenters. The number of hydrogen-bond acceptors (Lipinski definition) is 6. The van der Waals surface area contributed by atoms with E-state index in [-0.39, 0.29) is 12.0 Å². The number of piperazine rings is 1. The molecule has 35 heavy (non-hydrogen) atoms. The Kier molecular flexibility index (Phi) is 6.78. The first-order valence-electron chi connectivity index (χ1n) is 11.9. The van der Waals surface area contributed by atoms with Gasteiger partial charge >= 0.3 is 13.2 Å². The highest BCUT2D eigenvalue weighted by Gasteiger charge is 2.31. The lowest BCUT2D eigenvalue weighted by Gasteiger charge is -2.37. The zero-order chi connectivity index (χ0) is 24.5. The van der Waals surface area contributed by atoms with E-state index in [1.165, 1.54) is 22.3 Å². The number of thiol groups is 1. The van der Waals surface area contributed by atoms with Gasteiger partial charge in [-0.3, -0.25) is 0 Å². The maximum atomic E-state index is 12.9. The Bertz CT molecular complexity index is 1200. The molecule has 2 aliphatic rings. The maximum Gasteiger partial charge on any atom is 0.488 e. The highest BCUT2D eigenvalue weighted by atomic mass is 32.1. The second kappa shape index (κ2) is 9.97. The Labute approximate surface area is 211 Å². The fourth-order valence-electron chi connectivity index (χ4n) is 5.28. The number of rotatable bonds is 5. The lowest BCUT2D eigenvalue weighted by Crippen LogP contribution is -2.49. The van der Waals surface area contributed by atoms with E-state index in [4.69, 9.17) is 4.74 Å². The minimum absolute atomic E-state index is 0.0441. The first-order valence-corrected chi connectivity index (χ1v) is 12.6. The summed E-state index contributed by atoms with van der Waals surface area (Å²) in [6, 6.07) is 20.5. The van der Waals surface area contributed by atoms with Crippen molar-refractivity contribution in [2.24, 2.45) is 0 Å². The first-order chi connectivity index (χ1) is 17.0. The van der Waals surface area contributed by atoms with Crippen LogP contribution in [0.25, 0.3) is 11.1 Å². The van der Waals surface area contributed by atoms with Crippen LogP contribution in [-0.4, -0.2) is 60.9 Å². The lowest BCUT2D eigenvalue weighted by atomic mass is 9.76. The van der Waals surface area contributed by atoms with Crippen molar-refractivity contribution >= 4 is 37.0 Å². The molecule has 1 fully saturated rings. The van der Waals surface area contributed by atoms with Crippen LogP contribution in [0.1, 0.15) is 28.2 Å². The van der Waals surface area contributed by atoms with Crippen LogP contribution in [0, 0.1) is 6.92 Å². The summed E-state index contributed by atoms with van der Waals surface area (Å²) in [6.07, 6.45) is -0.293. The van der Waals surface area contributed by atoms with E-state index in [1.54, 1.807) is 11.0 Å². The molecule has 2 N–H and O–H groups in total. The molecule has 0 aromatic heterocycles. The van der Waals surface area contributed by atoms with E-state index in [0.29, 0.717) is 44.0 Å². The SMILES string of the molecule is Cc1c(B(O)O)cc(CS)cc1N1CCN(C(=O)OCC2c3ccccc3-c3ccccc32)CC1. The highest BCUT2D eigenvalue weighted by Crippen LogP contribution is 2.44. The third-order valence-electron chi connectivity index (χ3n) is 7.16. The molecule has 180 valence electrons. The fourth-order valence-corrected chi connectivity index (χ4v) is 5.47. The van der Waals surface area contributed by atoms with Gasteiger partial charge in [-0.25, -0.2) is 4.79 Å². The van der Waals surface area contributed by atoms with E-state index < -0.39 is 7.12 Å². The molecule has 3 aromatic rings. The summed E-state index contributed by atoms with van der Waals surface area (Å²) < 4.78 is 5.82. The summed E-state index contributed by atoms with van der Waals surface area (Å²) in [4.78, 5) is 16.9. The summed E-state index contributed by atoms with van der Waals surface area (Å²) in [5.41, 5.74) is 8.03. The number of fused-ring (bicyclic) bond motifs is 3. The van der Waals surface area contributed by atoms with E-state index in [0.717, 1.165) is 16.8 Å². The van der Waals surface area contributed by atoms with Crippen LogP contribution in [0.2, 0.25) is 0 Å². The van der Waals surface area contributed by atoms with Gasteiger partial charge in [-0.05, 0) is 51.8 Å². The lowest BCUT2D eigenvalue weighted by molar-refractivity contribution is 0.0977. The number of nitrogens with zero attached hydrogens (tertiary/aromatic N) is 2. The summed E-state index contributed by atoms with van der Waals surface area (Å²) >= 11 is 4.36. The number of anilines is 1. The third-order valence-corrected chi connectivity index (χ3v) is 7.52. The molecule has 3 aromatic carbocycles. The Hall–Kier alpha value is -2.94. The van der Waals surface area contributed by atoms with Gasteiger partial charge in [0.05, 0.1) is 0 Å². The largest absolute Gasteiger partial charge is 0.488 e. The molecule has 6 nitrogen and oxygen atoms in total. The first kappa shape index (κ1) is 23.8. The molecular formula is C27H29BN2O4S. The molecule has 8 heteroatoms. The Balaban J connectivity index is 1.24. The quantitative estimate of drug-likeness (QED) is 0.380. The van der Waals surface area contributed by atoms with E-state index >= 15 is 0 Å². The van der Waals surface area contributed by atoms with Crippen molar-refractivity contribution in [2.75, 3.05) is 37.7 Å². The molecule has 1 heterocycles. The average Bonchev–Trinajstić information content (AvgIpc) is 3.21. The summed E-state index contributed by atoms with van der Waals surface area (Å²) in [6.45, 7) is 4.57. The number of benzene rings is 3. The van der Waals surface area contributed by atoms with E-state index in [1.807, 2.05) is 37.3 Å². The molecule has 0 spiro atoms. The monoisotopic (exact) mass is 488 g/mol. The van der Waals surface area contributed by atoms with Gasteiger partial charge in [0, 0.05) is 43.5 Å². The number of hydrogen-bond donors (Lipinski definition) is 3. The molecule has 1 aliphatic carbocycles. The molecule has 0 bridgehead atoms. The molecule has 0 saturated carbocycles. The van der Waals surface area contributed by atoms with Gasteiger partial charge in [0.2, 0.25) is 0 Å². The number of carbonyl (C=O) groups is 1. The van der Waals surface area contributed by atoms with Gasteiger partial charge in [0.25, 0.3) is 0 Å². The van der Waals surface area contributed by atoms with Crippen LogP contribution in [-0.2, 0) is 10.5 Å². The predicted molar refractivity (Wildman–Crippen MR) is 143 cm³/mol. The summed E-state index contributed by atoms with van der Waals surface area (Å²) in [5, 5.41) is 19.6. The van der Waals surface area contributed by atoms with Crippen molar-refractivity contribution in [2.45, 2.75) is 18.6 Å². The molecular weight excluding hydrogens is 459 g/mol. The molecule has 1 saturated heterocycles. The van der Waals surface area contributed by atoms with Crippen molar-refractivity contribution in [1.29, 1.82) is 0 Å². The van der Waals surface area contributed by atoms with Crippen molar-refractivity contribution < 1.29 is 19.6 Å². The fraction of sp³-hybridized carbons (Fsp3) is 0.296. The summed E-state index contributed by atoms with van der Waals surface area (Å²) in [5.74, 6) is 0.551. The van der Waals surface area contributed by atoms with Crippen LogP contribution in [0.15, 0.2) is 60.7 Å². The van der Waals surface area contributed by atoms with Crippen molar-refractivity contribution in [3.63, 3.8) is 0 Å². The highest BCUT2D eigenvalue weighted by molar-refractivity contribution is 7.79. The van der Waals surface area contributed by atoms with Crippen molar-refractivity contribution in [3.05, 3.63) is 82.9 Å². The average molecular weight is 488 g/mol. The number of ether oxygens (including phenoxy) is 1. The van der Waals surface area contributed by atoms with Gasteiger partial charge in [-0.1, -0.05) is 54.6 Å². The topological polar surface area (TPSA) is 73.2 Å². The predicted octanol–water partition coefficient (Wildman–Crippen LogP) is 3.18. The smallest absolute Gasteiger partial charge is 0.448 e. The van der Waals surface area contributed by atoms with E-state index in [2.05, 4.69) is 41.8 Å². The van der Waals surface area contributed by atoms with Crippen molar-refractivity contribution in [3.8, 4) is 11.1 Å². The Morgan fingerprint density at radius 1 is 1.00 bits per heavy atom. The minimum atomic E-state index is -1.53. The molecule has 5 rings (SSSR count). The Morgan fingerprint density at radius 3 is 2.17 bits per heavy atom. The second-order valence-corrected chi connectivity index (χ2v) is 9.46. The van der Waals surface area contributed by atoms with Crippen LogP contribution in [0.5, 0.6) is 0 Å².